The number of sulfone groups is 1. The van der Waals surface area contributed by atoms with Crippen LogP contribution in [-0.2, 0) is 33.4 Å². The zero-order valence-corrected chi connectivity index (χ0v) is 24.1. The largest absolute Gasteiger partial charge is 0.376 e. The quantitative estimate of drug-likeness (QED) is 0.223. The van der Waals surface area contributed by atoms with E-state index in [9.17, 15) is 13.2 Å². The zero-order valence-electron chi connectivity index (χ0n) is 21.7. The number of benzene rings is 3. The Bertz CT molecular complexity index is 1570. The summed E-state index contributed by atoms with van der Waals surface area (Å²) in [6, 6.07) is 23.4. The highest BCUT2D eigenvalue weighted by Crippen LogP contribution is 2.26. The van der Waals surface area contributed by atoms with E-state index in [-0.39, 0.29) is 41.0 Å². The summed E-state index contributed by atoms with van der Waals surface area (Å²) < 4.78 is 34.7. The van der Waals surface area contributed by atoms with Crippen molar-refractivity contribution in [2.24, 2.45) is 0 Å². The van der Waals surface area contributed by atoms with E-state index in [1.807, 2.05) is 48.5 Å². The van der Waals surface area contributed by atoms with Crippen molar-refractivity contribution in [3.63, 3.8) is 0 Å². The van der Waals surface area contributed by atoms with Gasteiger partial charge in [0.2, 0.25) is 15.0 Å². The van der Waals surface area contributed by atoms with Crippen LogP contribution >= 0.6 is 23.2 Å². The molecule has 0 saturated carbocycles. The first-order chi connectivity index (χ1) is 19.3. The van der Waals surface area contributed by atoms with Gasteiger partial charge in [0.1, 0.15) is 0 Å². The van der Waals surface area contributed by atoms with Gasteiger partial charge in [-0.05, 0) is 42.2 Å². The highest BCUT2D eigenvalue weighted by Gasteiger charge is 2.29. The molecule has 2 heterocycles. The number of halogens is 2. The SMILES string of the molecule is O=C(c1ccc(Cl)cc1Cl)N(Cc1cnc(S(=O)(=O)Cc2ccccc2)n1Cc1ccccc1)C[C@@H]1CCCO1. The van der Waals surface area contributed by atoms with E-state index < -0.39 is 9.84 Å². The molecule has 1 aliphatic heterocycles. The van der Waals surface area contributed by atoms with Gasteiger partial charge >= 0.3 is 0 Å². The standard InChI is InChI=1S/C30H29Cl2N3O4S/c31-24-13-14-27(28(32)16-24)29(36)34(20-26-12-7-15-39-26)19-25-17-33-30(35(25)18-22-8-3-1-4-9-22)40(37,38)21-23-10-5-2-6-11-23/h1-6,8-11,13-14,16-17,26H,7,12,15,18-21H2/t26-/m0/s1. The van der Waals surface area contributed by atoms with Crippen molar-refractivity contribution in [3.8, 4) is 0 Å². The average Bonchev–Trinajstić information content (AvgIpc) is 3.59. The smallest absolute Gasteiger partial charge is 0.255 e. The molecular formula is C30H29Cl2N3O4S. The fourth-order valence-corrected chi connectivity index (χ4v) is 6.82. The number of carbonyl (C=O) groups excluding carboxylic acids is 1. The summed E-state index contributed by atoms with van der Waals surface area (Å²) in [6.45, 7) is 1.38. The average molecular weight is 599 g/mol. The van der Waals surface area contributed by atoms with Gasteiger partial charge in [-0.15, -0.1) is 0 Å². The first kappa shape index (κ1) is 28.4. The van der Waals surface area contributed by atoms with Gasteiger partial charge in [0.05, 0.1) is 47.4 Å². The Hall–Kier alpha value is -3.17. The first-order valence-electron chi connectivity index (χ1n) is 13.0. The summed E-state index contributed by atoms with van der Waals surface area (Å²) in [6.07, 6.45) is 3.17. The van der Waals surface area contributed by atoms with E-state index >= 15 is 0 Å². The molecule has 0 bridgehead atoms. The topological polar surface area (TPSA) is 81.5 Å². The summed E-state index contributed by atoms with van der Waals surface area (Å²) in [5.41, 5.74) is 2.49. The number of hydrogen-bond donors (Lipinski definition) is 0. The molecule has 7 nitrogen and oxygen atoms in total. The number of imidazole rings is 1. The van der Waals surface area contributed by atoms with E-state index in [4.69, 9.17) is 27.9 Å². The molecule has 0 spiro atoms. The minimum Gasteiger partial charge on any atom is -0.376 e. The maximum absolute atomic E-state index is 13.8. The Kier molecular flexibility index (Phi) is 8.90. The van der Waals surface area contributed by atoms with Crippen molar-refractivity contribution in [1.29, 1.82) is 0 Å². The van der Waals surface area contributed by atoms with Gasteiger partial charge in [-0.25, -0.2) is 13.4 Å². The molecule has 5 rings (SSSR count). The van der Waals surface area contributed by atoms with Gasteiger partial charge < -0.3 is 14.2 Å². The number of carbonyl (C=O) groups is 1. The predicted molar refractivity (Wildman–Crippen MR) is 155 cm³/mol. The maximum atomic E-state index is 13.8. The normalized spacial score (nSPS) is 15.3. The highest BCUT2D eigenvalue weighted by atomic mass is 35.5. The molecule has 4 aromatic rings. The van der Waals surface area contributed by atoms with E-state index in [2.05, 4.69) is 4.98 Å². The first-order valence-corrected chi connectivity index (χ1v) is 15.4. The Morgan fingerprint density at radius 3 is 2.35 bits per heavy atom. The number of rotatable bonds is 10. The third-order valence-corrected chi connectivity index (χ3v) is 8.96. The predicted octanol–water partition coefficient (Wildman–Crippen LogP) is 6.03. The van der Waals surface area contributed by atoms with E-state index in [1.165, 1.54) is 6.07 Å². The molecule has 1 amide bonds. The molecule has 0 radical (unpaired) electrons. The second-order valence-corrected chi connectivity index (χ2v) is 12.5. The lowest BCUT2D eigenvalue weighted by Crippen LogP contribution is -2.37. The minimum atomic E-state index is -3.80. The van der Waals surface area contributed by atoms with Crippen LogP contribution in [0.2, 0.25) is 10.0 Å². The Morgan fingerprint density at radius 2 is 1.70 bits per heavy atom. The van der Waals surface area contributed by atoms with Gasteiger partial charge in [0.15, 0.2) is 0 Å². The van der Waals surface area contributed by atoms with Gasteiger partial charge in [-0.2, -0.15) is 0 Å². The van der Waals surface area contributed by atoms with Crippen molar-refractivity contribution in [1.82, 2.24) is 14.5 Å². The van der Waals surface area contributed by atoms with Gasteiger partial charge in [-0.1, -0.05) is 83.9 Å². The summed E-state index contributed by atoms with van der Waals surface area (Å²) in [5, 5.41) is 0.643. The van der Waals surface area contributed by atoms with Crippen molar-refractivity contribution in [3.05, 3.63) is 117 Å². The lowest BCUT2D eigenvalue weighted by Gasteiger charge is -2.26. The number of aromatic nitrogens is 2. The van der Waals surface area contributed by atoms with Crippen molar-refractivity contribution in [2.75, 3.05) is 13.2 Å². The number of hydrogen-bond acceptors (Lipinski definition) is 5. The minimum absolute atomic E-state index is 0.0377. The van der Waals surface area contributed by atoms with Gasteiger partial charge in [-0.3, -0.25) is 4.79 Å². The molecule has 1 saturated heterocycles. The number of ether oxygens (including phenoxy) is 1. The van der Waals surface area contributed by atoms with Crippen LogP contribution < -0.4 is 0 Å². The summed E-state index contributed by atoms with van der Waals surface area (Å²) in [5.74, 6) is -0.476. The summed E-state index contributed by atoms with van der Waals surface area (Å²) in [7, 11) is -3.80. The van der Waals surface area contributed by atoms with Crippen molar-refractivity contribution >= 4 is 38.9 Å². The Balaban J connectivity index is 1.52. The molecule has 0 unspecified atom stereocenters. The maximum Gasteiger partial charge on any atom is 0.255 e. The van der Waals surface area contributed by atoms with E-state index in [1.54, 1.807) is 39.9 Å². The van der Waals surface area contributed by atoms with Gasteiger partial charge in [0.25, 0.3) is 5.91 Å². The lowest BCUT2D eigenvalue weighted by atomic mass is 10.1. The van der Waals surface area contributed by atoms with E-state index in [0.717, 1.165) is 18.4 Å². The molecular weight excluding hydrogens is 569 g/mol. The number of nitrogens with zero attached hydrogens (tertiary/aromatic N) is 3. The fraction of sp³-hybridized carbons (Fsp3) is 0.267. The zero-order chi connectivity index (χ0) is 28.1. The molecule has 208 valence electrons. The third kappa shape index (κ3) is 6.75. The van der Waals surface area contributed by atoms with Crippen molar-refractivity contribution < 1.29 is 17.9 Å². The summed E-state index contributed by atoms with van der Waals surface area (Å²) >= 11 is 12.5. The molecule has 0 aliphatic carbocycles. The second kappa shape index (κ2) is 12.6. The second-order valence-electron chi connectivity index (χ2n) is 9.79. The van der Waals surface area contributed by atoms with Crippen LogP contribution in [0, 0.1) is 0 Å². The van der Waals surface area contributed by atoms with Crippen LogP contribution in [0.15, 0.2) is 90.2 Å². The molecule has 1 atom stereocenters. The van der Waals surface area contributed by atoms with Crippen LogP contribution in [0.1, 0.15) is 40.0 Å². The fourth-order valence-electron chi connectivity index (χ4n) is 4.84. The van der Waals surface area contributed by atoms with Crippen LogP contribution in [0.3, 0.4) is 0 Å². The van der Waals surface area contributed by atoms with Crippen molar-refractivity contribution in [2.45, 2.75) is 42.9 Å². The van der Waals surface area contributed by atoms with Crippen LogP contribution in [0.4, 0.5) is 0 Å². The molecule has 10 heteroatoms. The van der Waals surface area contributed by atoms with Crippen LogP contribution in [0.25, 0.3) is 0 Å². The van der Waals surface area contributed by atoms with E-state index in [0.29, 0.717) is 35.0 Å². The Morgan fingerprint density at radius 1 is 1.00 bits per heavy atom. The van der Waals surface area contributed by atoms with Crippen LogP contribution in [-0.4, -0.2) is 48.0 Å². The summed E-state index contributed by atoms with van der Waals surface area (Å²) in [4.78, 5) is 19.8. The molecule has 40 heavy (non-hydrogen) atoms. The lowest BCUT2D eigenvalue weighted by molar-refractivity contribution is 0.0502. The van der Waals surface area contributed by atoms with Gasteiger partial charge in [0, 0.05) is 18.2 Å². The monoisotopic (exact) mass is 597 g/mol. The molecule has 1 fully saturated rings. The Labute approximate surface area is 244 Å². The molecule has 1 aromatic heterocycles. The highest BCUT2D eigenvalue weighted by molar-refractivity contribution is 7.90. The molecule has 1 aliphatic rings. The third-order valence-electron chi connectivity index (χ3n) is 6.81. The van der Waals surface area contributed by atoms with Crippen LogP contribution in [0.5, 0.6) is 0 Å². The molecule has 0 N–H and O–H groups in total. The number of amides is 1. The molecule has 3 aromatic carbocycles.